The first-order chi connectivity index (χ1) is 7.52. The van der Waals surface area contributed by atoms with E-state index in [0.717, 1.165) is 11.2 Å². The van der Waals surface area contributed by atoms with E-state index in [9.17, 15) is 0 Å². The van der Waals surface area contributed by atoms with Crippen LogP contribution in [0.5, 0.6) is 0 Å². The number of aromatic nitrogens is 1. The third-order valence-electron chi connectivity index (χ3n) is 2.88. The molecule has 1 aromatic heterocycles. The Kier molecular flexibility index (Phi) is 2.58. The van der Waals surface area contributed by atoms with E-state index in [4.69, 9.17) is 0 Å². The maximum absolute atomic E-state index is 4.42. The van der Waals surface area contributed by atoms with Crippen molar-refractivity contribution in [1.82, 2.24) is 4.98 Å². The summed E-state index contributed by atoms with van der Waals surface area (Å²) in [4.78, 5) is 4.42. The fourth-order valence-corrected chi connectivity index (χ4v) is 1.83. The van der Waals surface area contributed by atoms with Gasteiger partial charge in [0.05, 0.1) is 5.52 Å². The smallest absolute Gasteiger partial charge is 0.0725 e. The number of nitrogens with zero attached hydrogens (tertiary/aromatic N) is 1. The van der Waals surface area contributed by atoms with Gasteiger partial charge in [0.15, 0.2) is 0 Å². The van der Waals surface area contributed by atoms with Crippen molar-refractivity contribution < 1.29 is 0 Å². The van der Waals surface area contributed by atoms with Gasteiger partial charge in [-0.15, -0.1) is 0 Å². The molecule has 0 saturated carbocycles. The lowest BCUT2D eigenvalue weighted by molar-refractivity contribution is 0.591. The molecule has 84 valence electrons. The summed E-state index contributed by atoms with van der Waals surface area (Å²) in [6.07, 6.45) is 1.85. The zero-order chi connectivity index (χ0) is 11.8. The van der Waals surface area contributed by atoms with Crippen LogP contribution in [0.3, 0.4) is 0 Å². The summed E-state index contributed by atoms with van der Waals surface area (Å²) < 4.78 is 0. The topological polar surface area (TPSA) is 24.9 Å². The number of pyridine rings is 1. The van der Waals surface area contributed by atoms with Crippen LogP contribution in [0.1, 0.15) is 26.3 Å². The number of anilines is 1. The predicted molar refractivity (Wildman–Crippen MR) is 70.0 cm³/mol. The summed E-state index contributed by atoms with van der Waals surface area (Å²) in [5.74, 6) is 0. The molecular weight excluding hydrogens is 196 g/mol. The van der Waals surface area contributed by atoms with E-state index in [1.165, 1.54) is 10.9 Å². The highest BCUT2D eigenvalue weighted by Crippen LogP contribution is 2.28. The minimum atomic E-state index is 0.172. The standard InChI is InChI=1S/C14H18N2/c1-14(2,3)10-5-6-11-12(15-4)7-8-16-13(11)9-10/h5-9H,1-4H3,(H,15,16). The number of fused-ring (bicyclic) bond motifs is 1. The van der Waals surface area contributed by atoms with E-state index in [1.807, 2.05) is 19.3 Å². The van der Waals surface area contributed by atoms with Crippen molar-refractivity contribution in [2.45, 2.75) is 26.2 Å². The second kappa shape index (κ2) is 3.78. The molecule has 0 atom stereocenters. The Morgan fingerprint density at radius 3 is 2.50 bits per heavy atom. The van der Waals surface area contributed by atoms with E-state index in [2.05, 4.69) is 49.3 Å². The molecule has 2 heteroatoms. The lowest BCUT2D eigenvalue weighted by Crippen LogP contribution is -2.10. The van der Waals surface area contributed by atoms with Gasteiger partial charge in [-0.1, -0.05) is 32.9 Å². The van der Waals surface area contributed by atoms with Crippen LogP contribution in [-0.2, 0) is 5.41 Å². The lowest BCUT2D eigenvalue weighted by Gasteiger charge is -2.19. The predicted octanol–water partition coefficient (Wildman–Crippen LogP) is 3.57. The van der Waals surface area contributed by atoms with E-state index < -0.39 is 0 Å². The SMILES string of the molecule is CNc1ccnc2cc(C(C)(C)C)ccc12. The molecule has 0 aliphatic heterocycles. The van der Waals surface area contributed by atoms with Crippen molar-refractivity contribution in [3.63, 3.8) is 0 Å². The molecule has 0 saturated heterocycles. The van der Waals surface area contributed by atoms with Crippen molar-refractivity contribution >= 4 is 16.6 Å². The molecule has 1 aromatic carbocycles. The number of hydrogen-bond donors (Lipinski definition) is 1. The van der Waals surface area contributed by atoms with Crippen LogP contribution < -0.4 is 5.32 Å². The molecule has 0 amide bonds. The lowest BCUT2D eigenvalue weighted by atomic mass is 9.86. The molecule has 1 heterocycles. The highest BCUT2D eigenvalue weighted by molar-refractivity contribution is 5.91. The quantitative estimate of drug-likeness (QED) is 0.785. The summed E-state index contributed by atoms with van der Waals surface area (Å²) in [6.45, 7) is 6.66. The first kappa shape index (κ1) is 10.9. The molecule has 1 N–H and O–H groups in total. The Balaban J connectivity index is 2.64. The third kappa shape index (κ3) is 1.87. The van der Waals surface area contributed by atoms with Gasteiger partial charge in [0.2, 0.25) is 0 Å². The van der Waals surface area contributed by atoms with Crippen molar-refractivity contribution in [2.24, 2.45) is 0 Å². The van der Waals surface area contributed by atoms with Crippen LogP contribution in [0.25, 0.3) is 10.9 Å². The summed E-state index contributed by atoms with van der Waals surface area (Å²) in [5, 5.41) is 4.37. The highest BCUT2D eigenvalue weighted by Gasteiger charge is 2.14. The Hall–Kier alpha value is -1.57. The van der Waals surface area contributed by atoms with E-state index in [-0.39, 0.29) is 5.41 Å². The van der Waals surface area contributed by atoms with Crippen LogP contribution in [0, 0.1) is 0 Å². The average Bonchev–Trinajstić information content (AvgIpc) is 2.26. The summed E-state index contributed by atoms with van der Waals surface area (Å²) in [5.41, 5.74) is 3.68. The zero-order valence-corrected chi connectivity index (χ0v) is 10.3. The molecule has 0 fully saturated rings. The minimum absolute atomic E-state index is 0.172. The van der Waals surface area contributed by atoms with Crippen LogP contribution in [-0.4, -0.2) is 12.0 Å². The second-order valence-electron chi connectivity index (χ2n) is 5.09. The average molecular weight is 214 g/mol. The van der Waals surface area contributed by atoms with Crippen LogP contribution in [0.2, 0.25) is 0 Å². The third-order valence-corrected chi connectivity index (χ3v) is 2.88. The summed E-state index contributed by atoms with van der Waals surface area (Å²) >= 11 is 0. The molecular formula is C14H18N2. The molecule has 2 nitrogen and oxygen atoms in total. The number of benzene rings is 1. The number of nitrogens with one attached hydrogen (secondary N) is 1. The monoisotopic (exact) mass is 214 g/mol. The van der Waals surface area contributed by atoms with E-state index in [0.29, 0.717) is 0 Å². The Morgan fingerprint density at radius 1 is 1.12 bits per heavy atom. The molecule has 0 spiro atoms. The van der Waals surface area contributed by atoms with Gasteiger partial charge < -0.3 is 5.32 Å². The molecule has 0 radical (unpaired) electrons. The summed E-state index contributed by atoms with van der Waals surface area (Å²) in [7, 11) is 1.94. The fraction of sp³-hybridized carbons (Fsp3) is 0.357. The number of hydrogen-bond acceptors (Lipinski definition) is 2. The van der Waals surface area contributed by atoms with Gasteiger partial charge >= 0.3 is 0 Å². The van der Waals surface area contributed by atoms with E-state index in [1.54, 1.807) is 0 Å². The first-order valence-electron chi connectivity index (χ1n) is 5.59. The molecule has 2 rings (SSSR count). The van der Waals surface area contributed by atoms with Crippen LogP contribution in [0.4, 0.5) is 5.69 Å². The molecule has 0 bridgehead atoms. The van der Waals surface area contributed by atoms with Crippen LogP contribution >= 0.6 is 0 Å². The van der Waals surface area contributed by atoms with Gasteiger partial charge in [0, 0.05) is 24.3 Å². The normalized spacial score (nSPS) is 11.8. The van der Waals surface area contributed by atoms with Gasteiger partial charge in [-0.25, -0.2) is 0 Å². The summed E-state index contributed by atoms with van der Waals surface area (Å²) in [6, 6.07) is 8.51. The molecule has 2 aromatic rings. The molecule has 0 unspecified atom stereocenters. The second-order valence-corrected chi connectivity index (χ2v) is 5.09. The maximum atomic E-state index is 4.42. The maximum Gasteiger partial charge on any atom is 0.0725 e. The number of rotatable bonds is 1. The highest BCUT2D eigenvalue weighted by atomic mass is 14.8. The van der Waals surface area contributed by atoms with Crippen LogP contribution in [0.15, 0.2) is 30.5 Å². The van der Waals surface area contributed by atoms with Crippen molar-refractivity contribution in [1.29, 1.82) is 0 Å². The minimum Gasteiger partial charge on any atom is -0.388 e. The fourth-order valence-electron chi connectivity index (χ4n) is 1.83. The molecule has 16 heavy (non-hydrogen) atoms. The first-order valence-corrected chi connectivity index (χ1v) is 5.59. The van der Waals surface area contributed by atoms with Gasteiger partial charge in [0.1, 0.15) is 0 Å². The zero-order valence-electron chi connectivity index (χ0n) is 10.3. The molecule has 0 aliphatic rings. The van der Waals surface area contributed by atoms with Gasteiger partial charge in [-0.05, 0) is 23.1 Å². The Bertz CT molecular complexity index is 510. The van der Waals surface area contributed by atoms with Crippen molar-refractivity contribution in [2.75, 3.05) is 12.4 Å². The Labute approximate surface area is 96.7 Å². The van der Waals surface area contributed by atoms with Gasteiger partial charge in [0.25, 0.3) is 0 Å². The van der Waals surface area contributed by atoms with Crippen molar-refractivity contribution in [3.05, 3.63) is 36.0 Å². The van der Waals surface area contributed by atoms with Gasteiger partial charge in [-0.2, -0.15) is 0 Å². The van der Waals surface area contributed by atoms with Crippen molar-refractivity contribution in [3.8, 4) is 0 Å². The largest absolute Gasteiger partial charge is 0.388 e. The molecule has 0 aliphatic carbocycles. The van der Waals surface area contributed by atoms with Gasteiger partial charge in [-0.3, -0.25) is 4.98 Å². The van der Waals surface area contributed by atoms with E-state index >= 15 is 0 Å². The Morgan fingerprint density at radius 2 is 1.88 bits per heavy atom.